The molecule has 1 aromatic heterocycles. The molecular formula is C11H19N5O. The summed E-state index contributed by atoms with van der Waals surface area (Å²) in [6, 6.07) is 1.90. The normalized spacial score (nSPS) is 24.8. The Bertz CT molecular complexity index is 387. The number of aromatic nitrogens is 2. The van der Waals surface area contributed by atoms with Crippen molar-refractivity contribution in [1.82, 2.24) is 9.97 Å². The second-order valence-electron chi connectivity index (χ2n) is 4.38. The first-order valence-corrected chi connectivity index (χ1v) is 5.81. The van der Waals surface area contributed by atoms with E-state index in [9.17, 15) is 0 Å². The maximum Gasteiger partial charge on any atom is 0.223 e. The van der Waals surface area contributed by atoms with Crippen molar-refractivity contribution >= 4 is 17.6 Å². The minimum atomic E-state index is 0.202. The van der Waals surface area contributed by atoms with Gasteiger partial charge in [-0.1, -0.05) is 0 Å². The van der Waals surface area contributed by atoms with Crippen LogP contribution in [0.2, 0.25) is 0 Å². The van der Waals surface area contributed by atoms with Crippen LogP contribution < -0.4 is 16.0 Å². The standard InChI is InChI=1S/C11H19N5O/c1-7-5-16(6-8(2)17-7)10-4-9(13-3)14-11(12)15-10/h4,7-8H,5-6H2,1-3H3,(H3,12,13,14,15)/t7-,8+. The molecule has 0 aliphatic carbocycles. The summed E-state index contributed by atoms with van der Waals surface area (Å²) < 4.78 is 5.69. The predicted octanol–water partition coefficient (Wildman–Crippen LogP) is 0.714. The van der Waals surface area contributed by atoms with E-state index in [1.807, 2.05) is 13.1 Å². The highest BCUT2D eigenvalue weighted by molar-refractivity contribution is 5.52. The lowest BCUT2D eigenvalue weighted by Crippen LogP contribution is -2.45. The molecule has 1 saturated heterocycles. The van der Waals surface area contributed by atoms with E-state index in [-0.39, 0.29) is 12.2 Å². The summed E-state index contributed by atoms with van der Waals surface area (Å²) in [6.45, 7) is 5.77. The minimum Gasteiger partial charge on any atom is -0.373 e. The number of nitrogens with two attached hydrogens (primary N) is 1. The van der Waals surface area contributed by atoms with Gasteiger partial charge in [0.15, 0.2) is 0 Å². The number of rotatable bonds is 2. The van der Waals surface area contributed by atoms with Crippen LogP contribution in [0.4, 0.5) is 17.6 Å². The molecule has 1 aromatic rings. The Labute approximate surface area is 101 Å². The van der Waals surface area contributed by atoms with Crippen molar-refractivity contribution in [3.05, 3.63) is 6.07 Å². The zero-order chi connectivity index (χ0) is 12.4. The summed E-state index contributed by atoms with van der Waals surface area (Å²) in [5.74, 6) is 1.88. The molecule has 0 spiro atoms. The average molecular weight is 237 g/mol. The molecule has 94 valence electrons. The zero-order valence-electron chi connectivity index (χ0n) is 10.5. The van der Waals surface area contributed by atoms with Crippen LogP contribution in [-0.4, -0.2) is 42.3 Å². The Morgan fingerprint density at radius 3 is 2.59 bits per heavy atom. The van der Waals surface area contributed by atoms with Crippen LogP contribution in [0.5, 0.6) is 0 Å². The smallest absolute Gasteiger partial charge is 0.223 e. The highest BCUT2D eigenvalue weighted by Gasteiger charge is 2.23. The Kier molecular flexibility index (Phi) is 3.33. The van der Waals surface area contributed by atoms with E-state index in [0.29, 0.717) is 5.95 Å². The monoisotopic (exact) mass is 237 g/mol. The van der Waals surface area contributed by atoms with Crippen LogP contribution >= 0.6 is 0 Å². The van der Waals surface area contributed by atoms with Gasteiger partial charge in [-0.15, -0.1) is 0 Å². The number of nitrogens with one attached hydrogen (secondary N) is 1. The molecule has 6 heteroatoms. The van der Waals surface area contributed by atoms with E-state index in [1.54, 1.807) is 0 Å². The number of ether oxygens (including phenoxy) is 1. The van der Waals surface area contributed by atoms with E-state index in [0.717, 1.165) is 24.7 Å². The molecule has 17 heavy (non-hydrogen) atoms. The highest BCUT2D eigenvalue weighted by atomic mass is 16.5. The van der Waals surface area contributed by atoms with Crippen molar-refractivity contribution < 1.29 is 4.74 Å². The molecule has 0 saturated carbocycles. The number of hydrogen-bond donors (Lipinski definition) is 2. The van der Waals surface area contributed by atoms with Crippen molar-refractivity contribution in [3.8, 4) is 0 Å². The first kappa shape index (κ1) is 11.9. The van der Waals surface area contributed by atoms with Crippen LogP contribution in [0.15, 0.2) is 6.07 Å². The van der Waals surface area contributed by atoms with Crippen molar-refractivity contribution in [1.29, 1.82) is 0 Å². The Morgan fingerprint density at radius 1 is 1.35 bits per heavy atom. The van der Waals surface area contributed by atoms with Crippen molar-refractivity contribution in [2.24, 2.45) is 0 Å². The van der Waals surface area contributed by atoms with Gasteiger partial charge in [0.1, 0.15) is 11.6 Å². The topological polar surface area (TPSA) is 76.3 Å². The molecule has 0 bridgehead atoms. The Morgan fingerprint density at radius 2 is 2.00 bits per heavy atom. The number of hydrogen-bond acceptors (Lipinski definition) is 6. The lowest BCUT2D eigenvalue weighted by atomic mass is 10.2. The maximum atomic E-state index is 5.69. The van der Waals surface area contributed by atoms with Crippen LogP contribution in [0.3, 0.4) is 0 Å². The van der Waals surface area contributed by atoms with Crippen molar-refractivity contribution in [3.63, 3.8) is 0 Å². The fourth-order valence-electron chi connectivity index (χ4n) is 2.11. The second-order valence-corrected chi connectivity index (χ2v) is 4.38. The van der Waals surface area contributed by atoms with Gasteiger partial charge in [-0.25, -0.2) is 0 Å². The summed E-state index contributed by atoms with van der Waals surface area (Å²) in [6.07, 6.45) is 0.404. The summed E-state index contributed by atoms with van der Waals surface area (Å²) in [4.78, 5) is 10.5. The van der Waals surface area contributed by atoms with Gasteiger partial charge in [-0.05, 0) is 13.8 Å². The third-order valence-corrected chi connectivity index (χ3v) is 2.73. The molecular weight excluding hydrogens is 218 g/mol. The average Bonchev–Trinajstić information content (AvgIpc) is 2.26. The van der Waals surface area contributed by atoms with Crippen LogP contribution in [0.25, 0.3) is 0 Å². The van der Waals surface area contributed by atoms with E-state index in [2.05, 4.69) is 34.0 Å². The van der Waals surface area contributed by atoms with Gasteiger partial charge >= 0.3 is 0 Å². The van der Waals surface area contributed by atoms with Gasteiger partial charge in [-0.2, -0.15) is 9.97 Å². The molecule has 0 aromatic carbocycles. The van der Waals surface area contributed by atoms with Gasteiger partial charge in [0.25, 0.3) is 0 Å². The fourth-order valence-corrected chi connectivity index (χ4v) is 2.11. The third kappa shape index (κ3) is 2.76. The van der Waals surface area contributed by atoms with E-state index >= 15 is 0 Å². The maximum absolute atomic E-state index is 5.69. The van der Waals surface area contributed by atoms with Crippen LogP contribution in [0.1, 0.15) is 13.8 Å². The lowest BCUT2D eigenvalue weighted by Gasteiger charge is -2.36. The molecule has 1 aliphatic rings. The first-order chi connectivity index (χ1) is 8.08. The first-order valence-electron chi connectivity index (χ1n) is 5.81. The molecule has 6 nitrogen and oxygen atoms in total. The van der Waals surface area contributed by atoms with Gasteiger partial charge in [-0.3, -0.25) is 0 Å². The molecule has 2 rings (SSSR count). The van der Waals surface area contributed by atoms with E-state index < -0.39 is 0 Å². The molecule has 0 unspecified atom stereocenters. The molecule has 0 radical (unpaired) electrons. The summed E-state index contributed by atoms with van der Waals surface area (Å²) in [5, 5.41) is 2.98. The predicted molar refractivity (Wildman–Crippen MR) is 68.2 cm³/mol. The quantitative estimate of drug-likeness (QED) is 0.789. The van der Waals surface area contributed by atoms with E-state index in [1.165, 1.54) is 0 Å². The fraction of sp³-hybridized carbons (Fsp3) is 0.636. The largest absolute Gasteiger partial charge is 0.373 e. The summed E-state index contributed by atoms with van der Waals surface area (Å²) >= 11 is 0. The number of nitrogens with zero attached hydrogens (tertiary/aromatic N) is 3. The van der Waals surface area contributed by atoms with Crippen LogP contribution in [0, 0.1) is 0 Å². The zero-order valence-corrected chi connectivity index (χ0v) is 10.5. The molecule has 2 atom stereocenters. The van der Waals surface area contributed by atoms with Gasteiger partial charge in [0.05, 0.1) is 12.2 Å². The lowest BCUT2D eigenvalue weighted by molar-refractivity contribution is -0.00545. The number of nitrogen functional groups attached to an aromatic ring is 1. The van der Waals surface area contributed by atoms with Crippen molar-refractivity contribution in [2.75, 3.05) is 36.1 Å². The molecule has 2 heterocycles. The van der Waals surface area contributed by atoms with Gasteiger partial charge in [0.2, 0.25) is 5.95 Å². The molecule has 0 amide bonds. The van der Waals surface area contributed by atoms with Gasteiger partial charge < -0.3 is 20.7 Å². The minimum absolute atomic E-state index is 0.202. The third-order valence-electron chi connectivity index (χ3n) is 2.73. The summed E-state index contributed by atoms with van der Waals surface area (Å²) in [5.41, 5.74) is 5.69. The molecule has 3 N–H and O–H groups in total. The molecule has 1 fully saturated rings. The van der Waals surface area contributed by atoms with Crippen molar-refractivity contribution in [2.45, 2.75) is 26.1 Å². The number of morpholine rings is 1. The Balaban J connectivity index is 2.23. The van der Waals surface area contributed by atoms with Crippen LogP contribution in [-0.2, 0) is 4.74 Å². The highest BCUT2D eigenvalue weighted by Crippen LogP contribution is 2.21. The molecule has 1 aliphatic heterocycles. The second kappa shape index (κ2) is 4.75. The number of anilines is 3. The summed E-state index contributed by atoms with van der Waals surface area (Å²) in [7, 11) is 1.82. The van der Waals surface area contributed by atoms with Gasteiger partial charge in [0, 0.05) is 26.2 Å². The SMILES string of the molecule is CNc1cc(N2C[C@@H](C)O[C@@H](C)C2)nc(N)n1. The Hall–Kier alpha value is -1.56. The van der Waals surface area contributed by atoms with E-state index in [4.69, 9.17) is 10.5 Å².